The second-order valence-electron chi connectivity index (χ2n) is 7.62. The highest BCUT2D eigenvalue weighted by molar-refractivity contribution is 9.10. The van der Waals surface area contributed by atoms with Gasteiger partial charge in [0.05, 0.1) is 18.2 Å². The van der Waals surface area contributed by atoms with Gasteiger partial charge in [0.1, 0.15) is 17.0 Å². The molecule has 0 aliphatic heterocycles. The average molecular weight is 540 g/mol. The van der Waals surface area contributed by atoms with E-state index in [2.05, 4.69) is 38.5 Å². The van der Waals surface area contributed by atoms with E-state index in [0.29, 0.717) is 33.7 Å². The number of nitrogens with one attached hydrogen (secondary N) is 2. The van der Waals surface area contributed by atoms with Crippen LogP contribution in [-0.4, -0.2) is 28.2 Å². The number of fused-ring (bicyclic) bond motifs is 1. The van der Waals surface area contributed by atoms with Gasteiger partial charge in [0, 0.05) is 10.2 Å². The number of benzene rings is 3. The maximum atomic E-state index is 12.8. The SMILES string of the molecule is CCc1ccc2oc(-c3cc(NC(=S)NC(=O)c4cc(Br)cc(C)c4OC)ccc3O)nc2c1. The second kappa shape index (κ2) is 9.82. The largest absolute Gasteiger partial charge is 0.507 e. The van der Waals surface area contributed by atoms with Crippen LogP contribution in [0.4, 0.5) is 5.69 Å². The molecule has 0 radical (unpaired) electrons. The molecule has 4 aromatic rings. The lowest BCUT2D eigenvalue weighted by Crippen LogP contribution is -2.34. The van der Waals surface area contributed by atoms with Crippen molar-refractivity contribution in [2.45, 2.75) is 20.3 Å². The quantitative estimate of drug-likeness (QED) is 0.212. The summed E-state index contributed by atoms with van der Waals surface area (Å²) < 4.78 is 12.0. The lowest BCUT2D eigenvalue weighted by molar-refractivity contribution is 0.0974. The van der Waals surface area contributed by atoms with Gasteiger partial charge in [0.25, 0.3) is 5.91 Å². The lowest BCUT2D eigenvalue weighted by Gasteiger charge is -2.14. The Bertz CT molecular complexity index is 1420. The Morgan fingerprint density at radius 3 is 2.74 bits per heavy atom. The smallest absolute Gasteiger partial charge is 0.261 e. The van der Waals surface area contributed by atoms with Gasteiger partial charge in [-0.3, -0.25) is 10.1 Å². The number of carbonyl (C=O) groups excluding carboxylic acids is 1. The molecule has 0 unspecified atom stereocenters. The third-order valence-electron chi connectivity index (χ3n) is 5.26. The first-order chi connectivity index (χ1) is 16.3. The van der Waals surface area contributed by atoms with E-state index < -0.39 is 5.91 Å². The highest BCUT2D eigenvalue weighted by Crippen LogP contribution is 2.33. The molecule has 7 nitrogen and oxygen atoms in total. The number of ether oxygens (including phenoxy) is 1. The van der Waals surface area contributed by atoms with Gasteiger partial charge in [-0.25, -0.2) is 4.98 Å². The predicted octanol–water partition coefficient (Wildman–Crippen LogP) is 5.97. The number of nitrogens with zero attached hydrogens (tertiary/aromatic N) is 1. The molecule has 34 heavy (non-hydrogen) atoms. The molecule has 9 heteroatoms. The molecule has 0 atom stereocenters. The fourth-order valence-corrected chi connectivity index (χ4v) is 4.38. The van der Waals surface area contributed by atoms with Crippen molar-refractivity contribution >= 4 is 56.0 Å². The third-order valence-corrected chi connectivity index (χ3v) is 5.92. The minimum atomic E-state index is -0.413. The average Bonchev–Trinajstić information content (AvgIpc) is 3.22. The summed E-state index contributed by atoms with van der Waals surface area (Å²) in [6.07, 6.45) is 0.886. The fourth-order valence-electron chi connectivity index (χ4n) is 3.60. The number of thiocarbonyl (C=S) groups is 1. The number of aromatic nitrogens is 1. The van der Waals surface area contributed by atoms with E-state index in [4.69, 9.17) is 21.4 Å². The van der Waals surface area contributed by atoms with Crippen LogP contribution in [0, 0.1) is 6.92 Å². The van der Waals surface area contributed by atoms with Gasteiger partial charge >= 0.3 is 0 Å². The van der Waals surface area contributed by atoms with E-state index in [-0.39, 0.29) is 16.8 Å². The molecule has 0 aliphatic rings. The first-order valence-electron chi connectivity index (χ1n) is 10.5. The summed E-state index contributed by atoms with van der Waals surface area (Å²) >= 11 is 8.73. The van der Waals surface area contributed by atoms with Crippen molar-refractivity contribution in [1.82, 2.24) is 10.3 Å². The van der Waals surface area contributed by atoms with Crippen LogP contribution < -0.4 is 15.4 Å². The first-order valence-corrected chi connectivity index (χ1v) is 11.7. The van der Waals surface area contributed by atoms with Crippen LogP contribution in [0.2, 0.25) is 0 Å². The number of anilines is 1. The summed E-state index contributed by atoms with van der Waals surface area (Å²) in [5.41, 5.74) is 4.60. The fraction of sp³-hybridized carbons (Fsp3) is 0.160. The minimum Gasteiger partial charge on any atom is -0.507 e. The van der Waals surface area contributed by atoms with Crippen molar-refractivity contribution in [2.24, 2.45) is 0 Å². The maximum Gasteiger partial charge on any atom is 0.261 e. The zero-order chi connectivity index (χ0) is 24.4. The normalized spacial score (nSPS) is 10.8. The van der Waals surface area contributed by atoms with E-state index in [0.717, 1.165) is 22.0 Å². The van der Waals surface area contributed by atoms with Crippen LogP contribution in [0.5, 0.6) is 11.5 Å². The van der Waals surface area contributed by atoms with Gasteiger partial charge in [-0.15, -0.1) is 0 Å². The highest BCUT2D eigenvalue weighted by Gasteiger charge is 2.18. The van der Waals surface area contributed by atoms with Crippen LogP contribution in [0.1, 0.15) is 28.4 Å². The summed E-state index contributed by atoms with van der Waals surface area (Å²) in [6.45, 7) is 3.92. The van der Waals surface area contributed by atoms with Crippen LogP contribution in [0.25, 0.3) is 22.6 Å². The second-order valence-corrected chi connectivity index (χ2v) is 8.94. The van der Waals surface area contributed by atoms with Crippen molar-refractivity contribution in [3.05, 3.63) is 69.7 Å². The molecule has 1 aromatic heterocycles. The van der Waals surface area contributed by atoms with Gasteiger partial charge in [-0.05, 0) is 79.2 Å². The number of oxazole rings is 1. The number of rotatable bonds is 5. The molecule has 0 spiro atoms. The van der Waals surface area contributed by atoms with E-state index in [1.165, 1.54) is 13.2 Å². The molecule has 0 aliphatic carbocycles. The maximum absolute atomic E-state index is 12.8. The van der Waals surface area contributed by atoms with Crippen molar-refractivity contribution in [2.75, 3.05) is 12.4 Å². The van der Waals surface area contributed by atoms with Crippen LogP contribution in [-0.2, 0) is 6.42 Å². The van der Waals surface area contributed by atoms with E-state index >= 15 is 0 Å². The highest BCUT2D eigenvalue weighted by atomic mass is 79.9. The van der Waals surface area contributed by atoms with Crippen molar-refractivity contribution < 1.29 is 19.1 Å². The van der Waals surface area contributed by atoms with Gasteiger partial charge in [-0.1, -0.05) is 28.9 Å². The van der Waals surface area contributed by atoms with E-state index in [1.54, 1.807) is 18.2 Å². The van der Waals surface area contributed by atoms with Gasteiger partial charge in [-0.2, -0.15) is 0 Å². The zero-order valence-corrected chi connectivity index (χ0v) is 21.1. The molecule has 3 aromatic carbocycles. The Morgan fingerprint density at radius 2 is 2.00 bits per heavy atom. The van der Waals surface area contributed by atoms with Crippen molar-refractivity contribution in [3.8, 4) is 23.0 Å². The van der Waals surface area contributed by atoms with E-state index in [9.17, 15) is 9.90 Å². The number of phenols is 1. The number of aryl methyl sites for hydroxylation is 2. The number of hydrogen-bond donors (Lipinski definition) is 3. The van der Waals surface area contributed by atoms with Crippen molar-refractivity contribution in [3.63, 3.8) is 0 Å². The number of amides is 1. The van der Waals surface area contributed by atoms with Crippen LogP contribution in [0.3, 0.4) is 0 Å². The summed E-state index contributed by atoms with van der Waals surface area (Å²) in [6, 6.07) is 14.1. The predicted molar refractivity (Wildman–Crippen MR) is 140 cm³/mol. The Balaban J connectivity index is 1.55. The monoisotopic (exact) mass is 539 g/mol. The first kappa shape index (κ1) is 23.7. The topological polar surface area (TPSA) is 96.6 Å². The number of carbonyl (C=O) groups is 1. The molecule has 174 valence electrons. The number of aromatic hydroxyl groups is 1. The molecule has 1 heterocycles. The number of halogens is 1. The van der Waals surface area contributed by atoms with Gasteiger partial charge in [0.15, 0.2) is 10.7 Å². The number of methoxy groups -OCH3 is 1. The van der Waals surface area contributed by atoms with Gasteiger partial charge < -0.3 is 19.6 Å². The number of phenolic OH excluding ortho intramolecular Hbond substituents is 1. The Kier molecular flexibility index (Phi) is 6.85. The summed E-state index contributed by atoms with van der Waals surface area (Å²) in [4.78, 5) is 17.3. The van der Waals surface area contributed by atoms with Crippen LogP contribution >= 0.6 is 28.1 Å². The lowest BCUT2D eigenvalue weighted by atomic mass is 10.1. The summed E-state index contributed by atoms with van der Waals surface area (Å²) in [5.74, 6) is 0.354. The molecule has 3 N–H and O–H groups in total. The number of hydrogen-bond acceptors (Lipinski definition) is 6. The van der Waals surface area contributed by atoms with Crippen LogP contribution in [0.15, 0.2) is 57.4 Å². The summed E-state index contributed by atoms with van der Waals surface area (Å²) in [5, 5.41) is 16.1. The van der Waals surface area contributed by atoms with E-state index in [1.807, 2.05) is 31.2 Å². The molecule has 4 rings (SSSR count). The Labute approximate surface area is 210 Å². The molecule has 0 fully saturated rings. The third kappa shape index (κ3) is 4.90. The standard InChI is InChI=1S/C25H22BrN3O4S/c1-4-14-5-8-21-19(10-14)28-24(33-21)17-12-16(6-7-20(17)30)27-25(34)29-23(31)18-11-15(26)9-13(2)22(18)32-3/h5-12,30H,4H2,1-3H3,(H2,27,29,31,34). The molecular weight excluding hydrogens is 518 g/mol. The molecule has 0 saturated heterocycles. The molecular formula is C25H22BrN3O4S. The Morgan fingerprint density at radius 1 is 1.21 bits per heavy atom. The minimum absolute atomic E-state index is 0.0112. The Hall–Kier alpha value is -3.43. The zero-order valence-electron chi connectivity index (χ0n) is 18.7. The van der Waals surface area contributed by atoms with Gasteiger partial charge in [0.2, 0.25) is 5.89 Å². The molecule has 1 amide bonds. The molecule has 0 saturated carbocycles. The summed E-state index contributed by atoms with van der Waals surface area (Å²) in [7, 11) is 1.51. The van der Waals surface area contributed by atoms with Crippen molar-refractivity contribution in [1.29, 1.82) is 0 Å². The molecule has 0 bridgehead atoms.